The molecule has 3 rings (SSSR count). The lowest BCUT2D eigenvalue weighted by atomic mass is 9.97. The van der Waals surface area contributed by atoms with Gasteiger partial charge in [0.15, 0.2) is 0 Å². The Morgan fingerprint density at radius 2 is 2.00 bits per heavy atom. The molecule has 0 aliphatic heterocycles. The molecule has 0 radical (unpaired) electrons. The lowest BCUT2D eigenvalue weighted by Crippen LogP contribution is -2.25. The maximum Gasteiger partial charge on any atom is 0.271 e. The molecule has 2 aromatic rings. The number of sulfonamides is 1. The van der Waals surface area contributed by atoms with Crippen molar-refractivity contribution < 1.29 is 22.9 Å². The van der Waals surface area contributed by atoms with Crippen LogP contribution in [0.25, 0.3) is 0 Å². The molecule has 0 atom stereocenters. The van der Waals surface area contributed by atoms with Gasteiger partial charge in [0.2, 0.25) is 0 Å². The van der Waals surface area contributed by atoms with E-state index in [1.165, 1.54) is 61.9 Å². The average Bonchev–Trinajstić information content (AvgIpc) is 2.79. The second-order valence-corrected chi connectivity index (χ2v) is 9.07. The Bertz CT molecular complexity index is 1140. The summed E-state index contributed by atoms with van der Waals surface area (Å²) < 4.78 is 33.1. The smallest absolute Gasteiger partial charge is 0.271 e. The van der Waals surface area contributed by atoms with Crippen LogP contribution in [0.1, 0.15) is 42.5 Å². The minimum absolute atomic E-state index is 0.0719. The molecule has 0 saturated heterocycles. The highest BCUT2D eigenvalue weighted by Gasteiger charge is 2.20. The SMILES string of the molecule is COc1ccc([N+](=O)[O-])cc1NS(=O)(=O)c1cccc(C(=O)NCCC2=CCCCC2)c1. The van der Waals surface area contributed by atoms with E-state index in [2.05, 4.69) is 16.1 Å². The van der Waals surface area contributed by atoms with Crippen LogP contribution in [0.5, 0.6) is 5.75 Å². The number of carbonyl (C=O) groups is 1. The van der Waals surface area contributed by atoms with Gasteiger partial charge in [-0.2, -0.15) is 0 Å². The normalized spacial score (nSPS) is 13.7. The van der Waals surface area contributed by atoms with E-state index in [4.69, 9.17) is 4.74 Å². The van der Waals surface area contributed by atoms with E-state index in [1.807, 2.05) is 0 Å². The predicted molar refractivity (Wildman–Crippen MR) is 120 cm³/mol. The average molecular weight is 460 g/mol. The van der Waals surface area contributed by atoms with E-state index < -0.39 is 14.9 Å². The van der Waals surface area contributed by atoms with Crippen LogP contribution in [0.2, 0.25) is 0 Å². The Kier molecular flexibility index (Phi) is 7.47. The fourth-order valence-electron chi connectivity index (χ4n) is 3.47. The molecular formula is C22H25N3O6S. The summed E-state index contributed by atoms with van der Waals surface area (Å²) in [5, 5.41) is 13.9. The summed E-state index contributed by atoms with van der Waals surface area (Å²) in [6.07, 6.45) is 7.49. The van der Waals surface area contributed by atoms with Crippen LogP contribution in [0.4, 0.5) is 11.4 Å². The third-order valence-corrected chi connectivity index (χ3v) is 6.52. The number of benzene rings is 2. The van der Waals surface area contributed by atoms with Gasteiger partial charge in [-0.25, -0.2) is 8.42 Å². The maximum absolute atomic E-state index is 12.9. The molecule has 10 heteroatoms. The van der Waals surface area contributed by atoms with E-state index in [9.17, 15) is 23.3 Å². The number of rotatable bonds is 9. The summed E-state index contributed by atoms with van der Waals surface area (Å²) in [6, 6.07) is 9.20. The first-order valence-electron chi connectivity index (χ1n) is 10.2. The third kappa shape index (κ3) is 5.85. The van der Waals surface area contributed by atoms with Gasteiger partial charge in [-0.3, -0.25) is 19.6 Å². The number of non-ortho nitro benzene ring substituents is 1. The molecule has 1 aliphatic carbocycles. The van der Waals surface area contributed by atoms with Gasteiger partial charge in [0.05, 0.1) is 22.6 Å². The number of anilines is 1. The molecular weight excluding hydrogens is 434 g/mol. The summed E-state index contributed by atoms with van der Waals surface area (Å²) in [4.78, 5) is 22.8. The Hall–Kier alpha value is -3.40. The fraction of sp³-hybridized carbons (Fsp3) is 0.318. The zero-order valence-corrected chi connectivity index (χ0v) is 18.5. The van der Waals surface area contributed by atoms with Crippen LogP contribution in [0.3, 0.4) is 0 Å². The molecule has 0 aromatic heterocycles. The van der Waals surface area contributed by atoms with Crippen molar-refractivity contribution in [3.8, 4) is 5.75 Å². The zero-order chi connectivity index (χ0) is 23.1. The predicted octanol–water partition coefficient (Wildman–Crippen LogP) is 4.02. The number of nitro groups is 1. The minimum Gasteiger partial charge on any atom is -0.495 e. The summed E-state index contributed by atoms with van der Waals surface area (Å²) in [5.41, 5.74) is 1.18. The van der Waals surface area contributed by atoms with Gasteiger partial charge in [-0.15, -0.1) is 0 Å². The van der Waals surface area contributed by atoms with E-state index in [-0.39, 0.29) is 33.5 Å². The van der Waals surface area contributed by atoms with Crippen molar-refractivity contribution in [2.24, 2.45) is 0 Å². The van der Waals surface area contributed by atoms with Crippen LogP contribution < -0.4 is 14.8 Å². The molecule has 170 valence electrons. The first-order valence-corrected chi connectivity index (χ1v) is 11.7. The highest BCUT2D eigenvalue weighted by molar-refractivity contribution is 7.92. The lowest BCUT2D eigenvalue weighted by molar-refractivity contribution is -0.384. The standard InChI is InChI=1S/C22H25N3O6S/c1-31-21-11-10-18(25(27)28)15-20(21)24-32(29,30)19-9-5-8-17(14-19)22(26)23-13-12-16-6-3-2-4-7-16/h5-6,8-11,14-15,24H,2-4,7,12-13H2,1H3,(H,23,26). The van der Waals surface area contributed by atoms with Gasteiger partial charge in [0, 0.05) is 24.2 Å². The maximum atomic E-state index is 12.9. The number of hydrogen-bond acceptors (Lipinski definition) is 6. The molecule has 0 heterocycles. The topological polar surface area (TPSA) is 128 Å². The molecule has 32 heavy (non-hydrogen) atoms. The Balaban J connectivity index is 1.73. The zero-order valence-electron chi connectivity index (χ0n) is 17.7. The molecule has 1 aliphatic rings. The Morgan fingerprint density at radius 1 is 1.19 bits per heavy atom. The second-order valence-electron chi connectivity index (χ2n) is 7.39. The summed E-state index contributed by atoms with van der Waals surface area (Å²) in [5.74, 6) is -0.239. The first kappa shape index (κ1) is 23.3. The third-order valence-electron chi connectivity index (χ3n) is 5.16. The van der Waals surface area contributed by atoms with Crippen molar-refractivity contribution in [3.63, 3.8) is 0 Å². The van der Waals surface area contributed by atoms with Gasteiger partial charge in [0.1, 0.15) is 5.75 Å². The van der Waals surface area contributed by atoms with Gasteiger partial charge in [0.25, 0.3) is 21.6 Å². The Morgan fingerprint density at radius 3 is 2.69 bits per heavy atom. The number of nitrogens with one attached hydrogen (secondary N) is 2. The highest BCUT2D eigenvalue weighted by Crippen LogP contribution is 2.31. The number of nitrogens with zero attached hydrogens (tertiary/aromatic N) is 1. The van der Waals surface area contributed by atoms with Gasteiger partial charge in [-0.1, -0.05) is 17.7 Å². The number of methoxy groups -OCH3 is 1. The van der Waals surface area contributed by atoms with E-state index >= 15 is 0 Å². The summed E-state index contributed by atoms with van der Waals surface area (Å²) in [7, 11) is -2.80. The Labute approximate surface area is 186 Å². The fourth-order valence-corrected chi connectivity index (χ4v) is 4.57. The first-order chi connectivity index (χ1) is 15.3. The second kappa shape index (κ2) is 10.3. The number of nitro benzene ring substituents is 1. The summed E-state index contributed by atoms with van der Waals surface area (Å²) in [6.45, 7) is 0.477. The molecule has 0 saturated carbocycles. The van der Waals surface area contributed by atoms with E-state index in [1.54, 1.807) is 0 Å². The number of allylic oxidation sites excluding steroid dienone is 1. The lowest BCUT2D eigenvalue weighted by Gasteiger charge is -2.14. The van der Waals surface area contributed by atoms with Gasteiger partial charge in [-0.05, 0) is 56.4 Å². The van der Waals surface area contributed by atoms with Crippen molar-refractivity contribution in [2.45, 2.75) is 37.0 Å². The van der Waals surface area contributed by atoms with E-state index in [0.717, 1.165) is 25.3 Å². The van der Waals surface area contributed by atoms with Crippen LogP contribution in [-0.2, 0) is 10.0 Å². The van der Waals surface area contributed by atoms with Crippen LogP contribution in [-0.4, -0.2) is 32.9 Å². The number of ether oxygens (including phenoxy) is 1. The molecule has 0 unspecified atom stereocenters. The van der Waals surface area contributed by atoms with Crippen molar-refractivity contribution in [2.75, 3.05) is 18.4 Å². The molecule has 2 N–H and O–H groups in total. The van der Waals surface area contributed by atoms with Crippen molar-refractivity contribution in [1.29, 1.82) is 0 Å². The van der Waals surface area contributed by atoms with Gasteiger partial charge >= 0.3 is 0 Å². The van der Waals surface area contributed by atoms with Crippen LogP contribution in [0.15, 0.2) is 59.0 Å². The molecule has 2 aromatic carbocycles. The van der Waals surface area contributed by atoms with Crippen molar-refractivity contribution >= 4 is 27.3 Å². The quantitative estimate of drug-likeness (QED) is 0.331. The monoisotopic (exact) mass is 459 g/mol. The van der Waals surface area contributed by atoms with Crippen molar-refractivity contribution in [3.05, 3.63) is 69.8 Å². The molecule has 9 nitrogen and oxygen atoms in total. The number of amides is 1. The van der Waals surface area contributed by atoms with Crippen molar-refractivity contribution in [1.82, 2.24) is 5.32 Å². The van der Waals surface area contributed by atoms with E-state index in [0.29, 0.717) is 6.54 Å². The van der Waals surface area contributed by atoms with Gasteiger partial charge < -0.3 is 10.1 Å². The number of hydrogen-bond donors (Lipinski definition) is 2. The summed E-state index contributed by atoms with van der Waals surface area (Å²) >= 11 is 0. The molecule has 0 bridgehead atoms. The highest BCUT2D eigenvalue weighted by atomic mass is 32.2. The molecule has 1 amide bonds. The van der Waals surface area contributed by atoms with Crippen LogP contribution >= 0.6 is 0 Å². The minimum atomic E-state index is -4.12. The van der Waals surface area contributed by atoms with Crippen LogP contribution in [0, 0.1) is 10.1 Å². The largest absolute Gasteiger partial charge is 0.495 e. The number of carbonyl (C=O) groups excluding carboxylic acids is 1. The molecule has 0 fully saturated rings. The molecule has 0 spiro atoms.